The van der Waals surface area contributed by atoms with Crippen LogP contribution in [0.4, 0.5) is 0 Å². The van der Waals surface area contributed by atoms with Gasteiger partial charge in [0.15, 0.2) is 0 Å². The Morgan fingerprint density at radius 2 is 2.00 bits per heavy atom. The van der Waals surface area contributed by atoms with Crippen molar-refractivity contribution in [3.8, 4) is 0 Å². The van der Waals surface area contributed by atoms with Crippen LogP contribution in [0.1, 0.15) is 45.4 Å². The second-order valence-corrected chi connectivity index (χ2v) is 3.97. The molecule has 0 radical (unpaired) electrons. The van der Waals surface area contributed by atoms with E-state index in [4.69, 9.17) is 4.74 Å². The third kappa shape index (κ3) is 5.35. The van der Waals surface area contributed by atoms with E-state index in [1.54, 1.807) is 0 Å². The molecule has 0 aromatic heterocycles. The molecule has 1 unspecified atom stereocenters. The molecule has 0 aromatic rings. The van der Waals surface area contributed by atoms with Gasteiger partial charge in [-0.25, -0.2) is 0 Å². The first-order valence-electron chi connectivity index (χ1n) is 5.52. The summed E-state index contributed by atoms with van der Waals surface area (Å²) in [6, 6.07) is 0. The molecule has 0 saturated carbocycles. The summed E-state index contributed by atoms with van der Waals surface area (Å²) >= 11 is 0. The van der Waals surface area contributed by atoms with Crippen molar-refractivity contribution in [2.45, 2.75) is 51.6 Å². The first kappa shape index (κ1) is 12.0. The molecule has 3 nitrogen and oxygen atoms in total. The lowest BCUT2D eigenvalue weighted by Crippen LogP contribution is -2.20. The molecular formula is C12H18O3. The molecule has 1 rings (SSSR count). The molecule has 0 N–H and O–H groups in total. The zero-order valence-corrected chi connectivity index (χ0v) is 9.20. The maximum absolute atomic E-state index is 11.3. The van der Waals surface area contributed by atoms with Gasteiger partial charge < -0.3 is 4.74 Å². The smallest absolute Gasteiger partial charge is 0.313 e. The van der Waals surface area contributed by atoms with Crippen LogP contribution in [0.2, 0.25) is 0 Å². The van der Waals surface area contributed by atoms with Gasteiger partial charge in [0, 0.05) is 0 Å². The Morgan fingerprint density at radius 3 is 2.73 bits per heavy atom. The highest BCUT2D eigenvalue weighted by atomic mass is 16.5. The van der Waals surface area contributed by atoms with E-state index in [2.05, 4.69) is 12.2 Å². The summed E-state index contributed by atoms with van der Waals surface area (Å²) in [6.07, 6.45) is 9.06. The zero-order chi connectivity index (χ0) is 11.1. The minimum atomic E-state index is -0.378. The van der Waals surface area contributed by atoms with Gasteiger partial charge >= 0.3 is 5.97 Å². The van der Waals surface area contributed by atoms with Gasteiger partial charge in [-0.05, 0) is 39.0 Å². The monoisotopic (exact) mass is 210 g/mol. The Hall–Kier alpha value is -1.12. The van der Waals surface area contributed by atoms with Gasteiger partial charge in [0.2, 0.25) is 0 Å². The molecule has 0 aliphatic heterocycles. The Labute approximate surface area is 90.5 Å². The average Bonchev–Trinajstić information content (AvgIpc) is 2.08. The highest BCUT2D eigenvalue weighted by Crippen LogP contribution is 2.15. The number of esters is 1. The van der Waals surface area contributed by atoms with Crippen molar-refractivity contribution >= 4 is 11.8 Å². The summed E-state index contributed by atoms with van der Waals surface area (Å²) in [5.74, 6) is -0.511. The van der Waals surface area contributed by atoms with E-state index in [-0.39, 0.29) is 24.3 Å². The fourth-order valence-corrected chi connectivity index (χ4v) is 1.67. The van der Waals surface area contributed by atoms with E-state index in [0.717, 1.165) is 32.1 Å². The predicted molar refractivity (Wildman–Crippen MR) is 57.4 cm³/mol. The number of allylic oxidation sites excluding steroid dienone is 2. The molecule has 1 atom stereocenters. The van der Waals surface area contributed by atoms with E-state index in [9.17, 15) is 9.59 Å². The van der Waals surface area contributed by atoms with Crippen molar-refractivity contribution in [2.24, 2.45) is 0 Å². The molecule has 0 bridgehead atoms. The van der Waals surface area contributed by atoms with Crippen LogP contribution in [0.3, 0.4) is 0 Å². The quantitative estimate of drug-likeness (QED) is 0.408. The summed E-state index contributed by atoms with van der Waals surface area (Å²) in [5, 5.41) is 0. The highest BCUT2D eigenvalue weighted by Gasteiger charge is 2.15. The van der Waals surface area contributed by atoms with E-state index < -0.39 is 0 Å². The molecule has 1 aliphatic carbocycles. The van der Waals surface area contributed by atoms with Crippen molar-refractivity contribution in [1.82, 2.24) is 0 Å². The summed E-state index contributed by atoms with van der Waals surface area (Å²) < 4.78 is 5.24. The van der Waals surface area contributed by atoms with Crippen LogP contribution in [0, 0.1) is 0 Å². The Balaban J connectivity index is 2.32. The second kappa shape index (κ2) is 6.38. The minimum Gasteiger partial charge on any atom is -0.462 e. The molecule has 0 spiro atoms. The number of carbonyl (C=O) groups excluding carboxylic acids is 2. The minimum absolute atomic E-state index is 0.00167. The van der Waals surface area contributed by atoms with Gasteiger partial charge in [-0.1, -0.05) is 12.2 Å². The molecule has 0 saturated heterocycles. The average molecular weight is 210 g/mol. The molecule has 3 heteroatoms. The second-order valence-electron chi connectivity index (χ2n) is 3.97. The van der Waals surface area contributed by atoms with Crippen molar-refractivity contribution in [3.63, 3.8) is 0 Å². The van der Waals surface area contributed by atoms with E-state index >= 15 is 0 Å². The van der Waals surface area contributed by atoms with Crippen molar-refractivity contribution in [3.05, 3.63) is 12.2 Å². The molecule has 0 aromatic carbocycles. The normalized spacial score (nSPS) is 21.5. The maximum atomic E-state index is 11.3. The van der Waals surface area contributed by atoms with Crippen LogP contribution in [-0.4, -0.2) is 17.9 Å². The van der Waals surface area contributed by atoms with Crippen LogP contribution < -0.4 is 0 Å². The number of hydrogen-bond acceptors (Lipinski definition) is 3. The van der Waals surface area contributed by atoms with Crippen LogP contribution in [0.25, 0.3) is 0 Å². The van der Waals surface area contributed by atoms with E-state index in [1.807, 2.05) is 0 Å². The van der Waals surface area contributed by atoms with Crippen molar-refractivity contribution in [2.75, 3.05) is 0 Å². The first-order valence-corrected chi connectivity index (χ1v) is 5.52. The SMILES string of the molecule is CC(=O)CC(=O)OC1CCC=CCCC1. The van der Waals surface area contributed by atoms with E-state index in [0.29, 0.717) is 0 Å². The lowest BCUT2D eigenvalue weighted by Gasteiger charge is -2.17. The first-order chi connectivity index (χ1) is 7.18. The van der Waals surface area contributed by atoms with Gasteiger partial charge in [0.05, 0.1) is 0 Å². The summed E-state index contributed by atoms with van der Waals surface area (Å²) in [4.78, 5) is 22.0. The highest BCUT2D eigenvalue weighted by molar-refractivity contribution is 5.94. The molecule has 0 heterocycles. The fraction of sp³-hybridized carbons (Fsp3) is 0.667. The van der Waals surface area contributed by atoms with Crippen molar-refractivity contribution < 1.29 is 14.3 Å². The topological polar surface area (TPSA) is 43.4 Å². The lowest BCUT2D eigenvalue weighted by molar-refractivity contribution is -0.151. The largest absolute Gasteiger partial charge is 0.462 e. The lowest BCUT2D eigenvalue weighted by atomic mass is 10.0. The summed E-state index contributed by atoms with van der Waals surface area (Å²) in [7, 11) is 0. The van der Waals surface area contributed by atoms with Gasteiger partial charge in [-0.2, -0.15) is 0 Å². The molecule has 0 amide bonds. The third-order valence-corrected chi connectivity index (χ3v) is 2.41. The number of hydrogen-bond donors (Lipinski definition) is 0. The number of carbonyl (C=O) groups is 2. The van der Waals surface area contributed by atoms with Crippen LogP contribution in [0.15, 0.2) is 12.2 Å². The summed E-state index contributed by atoms with van der Waals surface area (Å²) in [6.45, 7) is 1.40. The maximum Gasteiger partial charge on any atom is 0.313 e. The fourth-order valence-electron chi connectivity index (χ4n) is 1.67. The molecule has 0 fully saturated rings. The Morgan fingerprint density at radius 1 is 1.27 bits per heavy atom. The van der Waals surface area contributed by atoms with E-state index in [1.165, 1.54) is 6.92 Å². The number of rotatable bonds is 3. The number of ketones is 1. The molecular weight excluding hydrogens is 192 g/mol. The number of ether oxygens (including phenoxy) is 1. The summed E-state index contributed by atoms with van der Waals surface area (Å²) in [5.41, 5.74) is 0. The number of Topliss-reactive ketones (excluding diaryl/α,β-unsaturated/α-hetero) is 1. The molecule has 15 heavy (non-hydrogen) atoms. The standard InChI is InChI=1S/C12H18O3/c1-10(13)9-12(14)15-11-7-5-3-2-4-6-8-11/h2-3,11H,4-9H2,1H3. The van der Waals surface area contributed by atoms with Crippen LogP contribution in [0.5, 0.6) is 0 Å². The van der Waals surface area contributed by atoms with Crippen molar-refractivity contribution in [1.29, 1.82) is 0 Å². The van der Waals surface area contributed by atoms with Gasteiger partial charge in [-0.15, -0.1) is 0 Å². The van der Waals surface area contributed by atoms with Gasteiger partial charge in [-0.3, -0.25) is 9.59 Å². The molecule has 84 valence electrons. The zero-order valence-electron chi connectivity index (χ0n) is 9.20. The third-order valence-electron chi connectivity index (χ3n) is 2.41. The van der Waals surface area contributed by atoms with Crippen LogP contribution >= 0.6 is 0 Å². The van der Waals surface area contributed by atoms with Crippen LogP contribution in [-0.2, 0) is 14.3 Å². The Kier molecular flexibility index (Phi) is 5.08. The van der Waals surface area contributed by atoms with Gasteiger partial charge in [0.25, 0.3) is 0 Å². The predicted octanol–water partition coefficient (Wildman–Crippen LogP) is 2.40. The Bertz CT molecular complexity index is 256. The van der Waals surface area contributed by atoms with Gasteiger partial charge in [0.1, 0.15) is 18.3 Å². The molecule has 1 aliphatic rings.